The topological polar surface area (TPSA) is 32.3 Å². The van der Waals surface area contributed by atoms with E-state index in [1.165, 1.54) is 12.1 Å². The van der Waals surface area contributed by atoms with E-state index in [1.807, 2.05) is 30.3 Å². The van der Waals surface area contributed by atoms with Crippen LogP contribution in [-0.4, -0.2) is 11.7 Å². The molecule has 2 rings (SSSR count). The van der Waals surface area contributed by atoms with Crippen molar-refractivity contribution in [3.05, 3.63) is 64.9 Å². The number of para-hydroxylation sites is 1. The van der Waals surface area contributed by atoms with Crippen molar-refractivity contribution in [3.8, 4) is 0 Å². The highest BCUT2D eigenvalue weighted by Gasteiger charge is 2.12. The van der Waals surface area contributed by atoms with Gasteiger partial charge in [0.1, 0.15) is 5.82 Å². The molecular weight excluding hydrogens is 253 g/mol. The van der Waals surface area contributed by atoms with E-state index in [4.69, 9.17) is 11.6 Å². The zero-order valence-electron chi connectivity index (χ0n) is 9.61. The molecule has 0 aliphatic rings. The molecule has 0 aliphatic carbocycles. The number of hydrogen-bond acceptors (Lipinski definition) is 2. The fraction of sp³-hybridized carbons (Fsp3) is 0.143. The van der Waals surface area contributed by atoms with Crippen LogP contribution in [0.3, 0.4) is 0 Å². The summed E-state index contributed by atoms with van der Waals surface area (Å²) < 4.78 is 13.3. The Labute approximate surface area is 110 Å². The van der Waals surface area contributed by atoms with Gasteiger partial charge >= 0.3 is 0 Å². The quantitative estimate of drug-likeness (QED) is 0.885. The predicted octanol–water partition coefficient (Wildman–Crippen LogP) is 3.62. The van der Waals surface area contributed by atoms with Crippen molar-refractivity contribution < 1.29 is 9.50 Å². The van der Waals surface area contributed by atoms with Gasteiger partial charge in [0.05, 0.1) is 12.6 Å². The van der Waals surface area contributed by atoms with Gasteiger partial charge in [0.25, 0.3) is 0 Å². The minimum atomic E-state index is -0.411. The lowest BCUT2D eigenvalue weighted by atomic mass is 10.1. The average molecular weight is 266 g/mol. The molecular formula is C14H13ClFNO. The minimum Gasteiger partial charge on any atom is -0.394 e. The summed E-state index contributed by atoms with van der Waals surface area (Å²) in [6.45, 7) is -0.144. The van der Waals surface area contributed by atoms with Gasteiger partial charge in [0.15, 0.2) is 0 Å². The molecule has 2 nitrogen and oxygen atoms in total. The average Bonchev–Trinajstić information content (AvgIpc) is 2.36. The van der Waals surface area contributed by atoms with E-state index in [2.05, 4.69) is 5.32 Å². The first-order chi connectivity index (χ1) is 8.69. The van der Waals surface area contributed by atoms with Gasteiger partial charge in [-0.05, 0) is 35.9 Å². The van der Waals surface area contributed by atoms with E-state index in [9.17, 15) is 9.50 Å². The Morgan fingerprint density at radius 3 is 2.50 bits per heavy atom. The highest BCUT2D eigenvalue weighted by molar-refractivity contribution is 6.30. The number of benzene rings is 2. The summed E-state index contributed by atoms with van der Waals surface area (Å²) in [5, 5.41) is 12.8. The molecule has 0 saturated heterocycles. The van der Waals surface area contributed by atoms with Gasteiger partial charge in [0.2, 0.25) is 0 Å². The van der Waals surface area contributed by atoms with E-state index in [-0.39, 0.29) is 12.6 Å². The zero-order chi connectivity index (χ0) is 13.0. The van der Waals surface area contributed by atoms with Crippen molar-refractivity contribution >= 4 is 17.3 Å². The highest BCUT2D eigenvalue weighted by atomic mass is 35.5. The molecule has 0 saturated carbocycles. The van der Waals surface area contributed by atoms with E-state index in [1.54, 1.807) is 6.07 Å². The standard InChI is InChI=1S/C14H13ClFNO/c15-11-6-10(7-12(16)8-11)14(9-18)17-13-4-2-1-3-5-13/h1-8,14,17-18H,9H2. The summed E-state index contributed by atoms with van der Waals surface area (Å²) in [6, 6.07) is 13.3. The first-order valence-electron chi connectivity index (χ1n) is 5.57. The zero-order valence-corrected chi connectivity index (χ0v) is 10.4. The Kier molecular flexibility index (Phi) is 4.18. The maximum absolute atomic E-state index is 13.3. The first-order valence-corrected chi connectivity index (χ1v) is 5.95. The third-order valence-electron chi connectivity index (χ3n) is 2.58. The highest BCUT2D eigenvalue weighted by Crippen LogP contribution is 2.23. The Balaban J connectivity index is 2.23. The van der Waals surface area contributed by atoms with Gasteiger partial charge in [-0.1, -0.05) is 29.8 Å². The molecule has 2 aromatic carbocycles. The molecule has 2 aromatic rings. The van der Waals surface area contributed by atoms with Crippen molar-refractivity contribution in [3.63, 3.8) is 0 Å². The normalized spacial score (nSPS) is 12.2. The van der Waals surface area contributed by atoms with Crippen LogP contribution in [0.2, 0.25) is 5.02 Å². The fourth-order valence-electron chi connectivity index (χ4n) is 1.75. The summed E-state index contributed by atoms with van der Waals surface area (Å²) >= 11 is 5.80. The summed E-state index contributed by atoms with van der Waals surface area (Å²) in [6.07, 6.45) is 0. The third-order valence-corrected chi connectivity index (χ3v) is 2.80. The van der Waals surface area contributed by atoms with Crippen LogP contribution in [0.5, 0.6) is 0 Å². The molecule has 0 amide bonds. The number of anilines is 1. The Morgan fingerprint density at radius 1 is 1.17 bits per heavy atom. The number of rotatable bonds is 4. The molecule has 0 aliphatic heterocycles. The van der Waals surface area contributed by atoms with E-state index in [0.717, 1.165) is 5.69 Å². The van der Waals surface area contributed by atoms with Gasteiger partial charge < -0.3 is 10.4 Å². The minimum absolute atomic E-state index is 0.144. The molecule has 18 heavy (non-hydrogen) atoms. The fourth-order valence-corrected chi connectivity index (χ4v) is 1.98. The molecule has 94 valence electrons. The number of halogens is 2. The molecule has 0 bridgehead atoms. The van der Waals surface area contributed by atoms with Gasteiger partial charge in [-0.3, -0.25) is 0 Å². The van der Waals surface area contributed by atoms with E-state index < -0.39 is 5.82 Å². The molecule has 0 aromatic heterocycles. The Hall–Kier alpha value is -1.58. The monoisotopic (exact) mass is 265 g/mol. The Bertz CT molecular complexity index is 498. The van der Waals surface area contributed by atoms with Gasteiger partial charge in [-0.15, -0.1) is 0 Å². The van der Waals surface area contributed by atoms with Crippen molar-refractivity contribution in [1.82, 2.24) is 0 Å². The van der Waals surface area contributed by atoms with E-state index in [0.29, 0.717) is 10.6 Å². The number of aliphatic hydroxyl groups is 1. The van der Waals surface area contributed by atoms with Crippen molar-refractivity contribution in [1.29, 1.82) is 0 Å². The van der Waals surface area contributed by atoms with Crippen LogP contribution in [0.25, 0.3) is 0 Å². The lowest BCUT2D eigenvalue weighted by Crippen LogP contribution is -2.15. The summed E-state index contributed by atoms with van der Waals surface area (Å²) in [5.74, 6) is -0.411. The summed E-state index contributed by atoms with van der Waals surface area (Å²) in [4.78, 5) is 0. The van der Waals surface area contributed by atoms with Crippen LogP contribution >= 0.6 is 11.6 Å². The number of hydrogen-bond donors (Lipinski definition) is 2. The molecule has 1 unspecified atom stereocenters. The van der Waals surface area contributed by atoms with Crippen molar-refractivity contribution in [2.75, 3.05) is 11.9 Å². The largest absolute Gasteiger partial charge is 0.394 e. The maximum atomic E-state index is 13.3. The molecule has 4 heteroatoms. The van der Waals surface area contributed by atoms with Crippen LogP contribution in [0, 0.1) is 5.82 Å². The second kappa shape index (κ2) is 5.85. The van der Waals surface area contributed by atoms with Gasteiger partial charge in [0, 0.05) is 10.7 Å². The summed E-state index contributed by atoms with van der Waals surface area (Å²) in [7, 11) is 0. The van der Waals surface area contributed by atoms with Crippen molar-refractivity contribution in [2.24, 2.45) is 0 Å². The lowest BCUT2D eigenvalue weighted by molar-refractivity contribution is 0.276. The van der Waals surface area contributed by atoms with Crippen LogP contribution in [0.1, 0.15) is 11.6 Å². The molecule has 2 N–H and O–H groups in total. The maximum Gasteiger partial charge on any atom is 0.125 e. The second-order valence-corrected chi connectivity index (χ2v) is 4.38. The SMILES string of the molecule is OCC(Nc1ccccc1)c1cc(F)cc(Cl)c1. The lowest BCUT2D eigenvalue weighted by Gasteiger charge is -2.18. The van der Waals surface area contributed by atoms with Gasteiger partial charge in [-0.2, -0.15) is 0 Å². The molecule has 0 fully saturated rings. The summed E-state index contributed by atoms with van der Waals surface area (Å²) in [5.41, 5.74) is 1.48. The van der Waals surface area contributed by atoms with Crippen molar-refractivity contribution in [2.45, 2.75) is 6.04 Å². The molecule has 1 atom stereocenters. The van der Waals surface area contributed by atoms with Crippen LogP contribution in [0.4, 0.5) is 10.1 Å². The van der Waals surface area contributed by atoms with Gasteiger partial charge in [-0.25, -0.2) is 4.39 Å². The Morgan fingerprint density at radius 2 is 1.89 bits per heavy atom. The third kappa shape index (κ3) is 3.22. The van der Waals surface area contributed by atoms with Crippen LogP contribution in [0.15, 0.2) is 48.5 Å². The number of nitrogens with one attached hydrogen (secondary N) is 1. The first kappa shape index (κ1) is 12.9. The number of aliphatic hydroxyl groups excluding tert-OH is 1. The predicted molar refractivity (Wildman–Crippen MR) is 71.3 cm³/mol. The molecule has 0 radical (unpaired) electrons. The van der Waals surface area contributed by atoms with Crippen LogP contribution < -0.4 is 5.32 Å². The molecule has 0 heterocycles. The molecule has 0 spiro atoms. The van der Waals surface area contributed by atoms with Crippen LogP contribution in [-0.2, 0) is 0 Å². The smallest absolute Gasteiger partial charge is 0.125 e. The second-order valence-electron chi connectivity index (χ2n) is 3.95. The van der Waals surface area contributed by atoms with E-state index >= 15 is 0 Å².